The summed E-state index contributed by atoms with van der Waals surface area (Å²) in [6, 6.07) is 9.06. The van der Waals surface area contributed by atoms with Crippen molar-refractivity contribution in [3.8, 4) is 5.69 Å². The second kappa shape index (κ2) is 8.17. The van der Waals surface area contributed by atoms with Gasteiger partial charge in [-0.3, -0.25) is 4.79 Å². The maximum Gasteiger partial charge on any atom is 0.416 e. The molecular weight excluding hydrogens is 395 g/mol. The van der Waals surface area contributed by atoms with E-state index in [1.807, 2.05) is 12.1 Å². The zero-order chi connectivity index (χ0) is 21.1. The second-order valence-corrected chi connectivity index (χ2v) is 7.12. The van der Waals surface area contributed by atoms with Crippen molar-refractivity contribution >= 4 is 17.3 Å². The summed E-state index contributed by atoms with van der Waals surface area (Å²) in [4.78, 5) is 16.3. The van der Waals surface area contributed by atoms with Crippen LogP contribution < -0.4 is 10.6 Å². The first kappa shape index (κ1) is 19.9. The van der Waals surface area contributed by atoms with Gasteiger partial charge in [0.1, 0.15) is 12.7 Å². The number of aromatic nitrogens is 3. The van der Waals surface area contributed by atoms with Crippen LogP contribution in [0.25, 0.3) is 5.69 Å². The van der Waals surface area contributed by atoms with Gasteiger partial charge in [-0.25, -0.2) is 9.67 Å². The summed E-state index contributed by atoms with van der Waals surface area (Å²) in [5, 5.41) is 9.64. The number of rotatable bonds is 5. The third-order valence-corrected chi connectivity index (χ3v) is 5.10. The minimum atomic E-state index is -4.53. The fourth-order valence-corrected chi connectivity index (χ4v) is 3.66. The Labute approximate surface area is 171 Å². The predicted octanol–water partition coefficient (Wildman–Crippen LogP) is 4.22. The van der Waals surface area contributed by atoms with E-state index >= 15 is 0 Å². The summed E-state index contributed by atoms with van der Waals surface area (Å²) in [6.07, 6.45) is 2.31. The molecule has 30 heavy (non-hydrogen) atoms. The molecule has 2 N–H and O–H groups in total. The molecule has 1 amide bonds. The highest BCUT2D eigenvalue weighted by molar-refractivity contribution is 5.95. The number of amides is 1. The summed E-state index contributed by atoms with van der Waals surface area (Å²) in [5.74, 6) is -0.455. The molecule has 0 unspecified atom stereocenters. The maximum absolute atomic E-state index is 13.1. The summed E-state index contributed by atoms with van der Waals surface area (Å²) in [5.41, 5.74) is 2.83. The van der Waals surface area contributed by atoms with Crippen molar-refractivity contribution in [1.82, 2.24) is 14.8 Å². The van der Waals surface area contributed by atoms with E-state index in [0.717, 1.165) is 43.5 Å². The van der Waals surface area contributed by atoms with Gasteiger partial charge < -0.3 is 10.6 Å². The number of hydrogen-bond donors (Lipinski definition) is 2. The molecule has 9 heteroatoms. The third-order valence-electron chi connectivity index (χ3n) is 5.10. The van der Waals surface area contributed by atoms with Crippen LogP contribution in [0.15, 0.2) is 49.1 Å². The molecular formula is C21H20F3N5O. The molecule has 0 radical (unpaired) electrons. The van der Waals surface area contributed by atoms with Gasteiger partial charge >= 0.3 is 6.18 Å². The first-order valence-electron chi connectivity index (χ1n) is 9.62. The van der Waals surface area contributed by atoms with E-state index in [1.165, 1.54) is 34.5 Å². The number of carbonyl (C=O) groups is 1. The lowest BCUT2D eigenvalue weighted by molar-refractivity contribution is -0.137. The van der Waals surface area contributed by atoms with Gasteiger partial charge in [0.25, 0.3) is 0 Å². The quantitative estimate of drug-likeness (QED) is 0.655. The Morgan fingerprint density at radius 1 is 1.10 bits per heavy atom. The van der Waals surface area contributed by atoms with E-state index in [9.17, 15) is 18.0 Å². The summed E-state index contributed by atoms with van der Waals surface area (Å²) in [6.45, 7) is -0.0660. The monoisotopic (exact) mass is 415 g/mol. The van der Waals surface area contributed by atoms with Gasteiger partial charge in [-0.2, -0.15) is 18.3 Å². The number of aryl methyl sites for hydroxylation is 1. The van der Waals surface area contributed by atoms with E-state index in [0.29, 0.717) is 5.69 Å². The van der Waals surface area contributed by atoms with Crippen molar-refractivity contribution in [2.24, 2.45) is 0 Å². The SMILES string of the molecule is O=C(CNc1cccc2c1CCCC2)Nc1cc(C(F)(F)F)ccc1-n1cncn1. The Morgan fingerprint density at radius 3 is 2.70 bits per heavy atom. The molecule has 0 atom stereocenters. The molecule has 1 heterocycles. The molecule has 3 aromatic rings. The topological polar surface area (TPSA) is 71.8 Å². The Hall–Kier alpha value is -3.36. The maximum atomic E-state index is 13.1. The van der Waals surface area contributed by atoms with Gasteiger partial charge in [-0.15, -0.1) is 0 Å². The highest BCUT2D eigenvalue weighted by Gasteiger charge is 2.31. The Morgan fingerprint density at radius 2 is 1.93 bits per heavy atom. The number of nitrogens with one attached hydrogen (secondary N) is 2. The van der Waals surface area contributed by atoms with Gasteiger partial charge in [0.05, 0.1) is 23.5 Å². The molecule has 0 fully saturated rings. The minimum absolute atomic E-state index is 0.0113. The number of alkyl halides is 3. The first-order valence-corrected chi connectivity index (χ1v) is 9.62. The van der Waals surface area contributed by atoms with Crippen LogP contribution in [0.2, 0.25) is 0 Å². The minimum Gasteiger partial charge on any atom is -0.376 e. The van der Waals surface area contributed by atoms with Crippen LogP contribution in [0, 0.1) is 0 Å². The second-order valence-electron chi connectivity index (χ2n) is 7.12. The average Bonchev–Trinajstić information content (AvgIpc) is 3.26. The number of fused-ring (bicyclic) bond motifs is 1. The molecule has 2 aromatic carbocycles. The molecule has 1 aliphatic rings. The van der Waals surface area contributed by atoms with Gasteiger partial charge in [0.2, 0.25) is 5.91 Å². The molecule has 4 rings (SSSR count). The van der Waals surface area contributed by atoms with Crippen molar-refractivity contribution < 1.29 is 18.0 Å². The molecule has 156 valence electrons. The Balaban J connectivity index is 1.53. The van der Waals surface area contributed by atoms with Crippen molar-refractivity contribution in [3.63, 3.8) is 0 Å². The standard InChI is InChI=1S/C21H20F3N5O/c22-21(23,24)15-8-9-19(29-13-25-12-27-29)18(10-15)28-20(30)11-26-17-7-3-5-14-4-1-2-6-16(14)17/h3,5,7-10,12-13,26H,1-2,4,6,11H2,(H,28,30). The summed E-state index contributed by atoms with van der Waals surface area (Å²) >= 11 is 0. The third kappa shape index (κ3) is 4.29. The van der Waals surface area contributed by atoms with Crippen LogP contribution in [-0.4, -0.2) is 27.2 Å². The highest BCUT2D eigenvalue weighted by Crippen LogP contribution is 2.33. The van der Waals surface area contributed by atoms with Crippen molar-refractivity contribution in [1.29, 1.82) is 0 Å². The highest BCUT2D eigenvalue weighted by atomic mass is 19.4. The lowest BCUT2D eigenvalue weighted by atomic mass is 9.90. The molecule has 0 saturated heterocycles. The number of nitrogens with zero attached hydrogens (tertiary/aromatic N) is 3. The number of benzene rings is 2. The zero-order valence-electron chi connectivity index (χ0n) is 16.0. The summed E-state index contributed by atoms with van der Waals surface area (Å²) < 4.78 is 40.8. The van der Waals surface area contributed by atoms with Crippen molar-refractivity contribution in [2.75, 3.05) is 17.2 Å². The lowest BCUT2D eigenvalue weighted by Gasteiger charge is -2.20. The molecule has 1 aliphatic carbocycles. The molecule has 0 bridgehead atoms. The van der Waals surface area contributed by atoms with Crippen molar-refractivity contribution in [3.05, 3.63) is 65.7 Å². The normalized spacial score (nSPS) is 13.6. The number of carbonyl (C=O) groups excluding carboxylic acids is 1. The van der Waals surface area contributed by atoms with Crippen LogP contribution in [0.4, 0.5) is 24.5 Å². The molecule has 6 nitrogen and oxygen atoms in total. The predicted molar refractivity (Wildman–Crippen MR) is 107 cm³/mol. The molecule has 0 spiro atoms. The van der Waals surface area contributed by atoms with Crippen LogP contribution in [0.3, 0.4) is 0 Å². The first-order chi connectivity index (χ1) is 14.4. The molecule has 0 aliphatic heterocycles. The van der Waals surface area contributed by atoms with Crippen LogP contribution in [-0.2, 0) is 23.8 Å². The van der Waals surface area contributed by atoms with Gasteiger partial charge in [-0.1, -0.05) is 12.1 Å². The smallest absolute Gasteiger partial charge is 0.376 e. The van der Waals surface area contributed by atoms with Crippen LogP contribution >= 0.6 is 0 Å². The van der Waals surface area contributed by atoms with Crippen LogP contribution in [0.1, 0.15) is 29.5 Å². The average molecular weight is 415 g/mol. The Kier molecular flexibility index (Phi) is 5.43. The van der Waals surface area contributed by atoms with Crippen LogP contribution in [0.5, 0.6) is 0 Å². The van der Waals surface area contributed by atoms with E-state index < -0.39 is 17.6 Å². The summed E-state index contributed by atoms with van der Waals surface area (Å²) in [7, 11) is 0. The number of hydrogen-bond acceptors (Lipinski definition) is 4. The largest absolute Gasteiger partial charge is 0.416 e. The molecule has 1 aromatic heterocycles. The fourth-order valence-electron chi connectivity index (χ4n) is 3.66. The molecule has 0 saturated carbocycles. The van der Waals surface area contributed by atoms with Gasteiger partial charge in [0, 0.05) is 5.69 Å². The van der Waals surface area contributed by atoms with Gasteiger partial charge in [-0.05, 0) is 61.1 Å². The van der Waals surface area contributed by atoms with E-state index in [4.69, 9.17) is 0 Å². The van der Waals surface area contributed by atoms with E-state index in [1.54, 1.807) is 0 Å². The Bertz CT molecular complexity index is 1050. The fraction of sp³-hybridized carbons (Fsp3) is 0.286. The number of anilines is 2. The van der Waals surface area contributed by atoms with Crippen molar-refractivity contribution in [2.45, 2.75) is 31.9 Å². The van der Waals surface area contributed by atoms with E-state index in [2.05, 4.69) is 26.8 Å². The van der Waals surface area contributed by atoms with E-state index in [-0.39, 0.29) is 12.2 Å². The lowest BCUT2D eigenvalue weighted by Crippen LogP contribution is -2.24. The zero-order valence-corrected chi connectivity index (χ0v) is 16.0. The number of halogens is 3. The van der Waals surface area contributed by atoms with Gasteiger partial charge in [0.15, 0.2) is 0 Å².